The molecule has 4 rings (SSSR count). The molecule has 1 saturated heterocycles. The van der Waals surface area contributed by atoms with Crippen molar-refractivity contribution in [1.29, 1.82) is 0 Å². The Morgan fingerprint density at radius 2 is 1.91 bits per heavy atom. The maximum Gasteiger partial charge on any atom is 0.251 e. The molecular formula is C27H30N2O5. The number of rotatable bonds is 10. The largest absolute Gasteiger partial charge is 0.493 e. The van der Waals surface area contributed by atoms with Gasteiger partial charge < -0.3 is 24.3 Å². The predicted octanol–water partition coefficient (Wildman–Crippen LogP) is 4.30. The first-order valence-corrected chi connectivity index (χ1v) is 11.5. The Bertz CT molecular complexity index is 1110. The molecule has 7 nitrogen and oxygen atoms in total. The van der Waals surface area contributed by atoms with Gasteiger partial charge in [0.1, 0.15) is 0 Å². The van der Waals surface area contributed by atoms with Crippen molar-refractivity contribution in [1.82, 2.24) is 10.3 Å². The van der Waals surface area contributed by atoms with Crippen LogP contribution < -0.4 is 19.5 Å². The first-order valence-electron chi connectivity index (χ1n) is 11.5. The number of hydrogen-bond acceptors (Lipinski definition) is 6. The van der Waals surface area contributed by atoms with E-state index >= 15 is 0 Å². The molecule has 0 spiro atoms. The van der Waals surface area contributed by atoms with Crippen LogP contribution in [0.25, 0.3) is 11.3 Å². The fraction of sp³-hybridized carbons (Fsp3) is 0.333. The van der Waals surface area contributed by atoms with Gasteiger partial charge in [0.15, 0.2) is 11.5 Å². The SMILES string of the molecule is COc1ccc(CCOc2cccc(-c3cccc(C(=O)NCC4CCCO4)c3)n2)cc1OC. The molecule has 178 valence electrons. The molecule has 7 heteroatoms. The second-order valence-corrected chi connectivity index (χ2v) is 8.07. The fourth-order valence-corrected chi connectivity index (χ4v) is 3.90. The van der Waals surface area contributed by atoms with E-state index in [1.165, 1.54) is 0 Å². The number of amides is 1. The number of nitrogens with one attached hydrogen (secondary N) is 1. The third-order valence-electron chi connectivity index (χ3n) is 5.75. The van der Waals surface area contributed by atoms with Crippen LogP contribution in [-0.2, 0) is 11.2 Å². The van der Waals surface area contributed by atoms with Gasteiger partial charge in [0.2, 0.25) is 5.88 Å². The molecule has 1 unspecified atom stereocenters. The van der Waals surface area contributed by atoms with Crippen molar-refractivity contribution in [3.05, 3.63) is 71.8 Å². The second kappa shape index (κ2) is 11.5. The monoisotopic (exact) mass is 462 g/mol. The molecule has 0 aliphatic carbocycles. The summed E-state index contributed by atoms with van der Waals surface area (Å²) in [6.07, 6.45) is 2.85. The Balaban J connectivity index is 1.36. The van der Waals surface area contributed by atoms with E-state index in [9.17, 15) is 4.79 Å². The smallest absolute Gasteiger partial charge is 0.251 e. The Morgan fingerprint density at radius 1 is 1.06 bits per heavy atom. The second-order valence-electron chi connectivity index (χ2n) is 8.07. The van der Waals surface area contributed by atoms with Gasteiger partial charge in [-0.2, -0.15) is 0 Å². The highest BCUT2D eigenvalue weighted by molar-refractivity contribution is 5.95. The zero-order valence-electron chi connectivity index (χ0n) is 19.6. The first-order chi connectivity index (χ1) is 16.7. The van der Waals surface area contributed by atoms with Crippen molar-refractivity contribution in [3.63, 3.8) is 0 Å². The molecule has 34 heavy (non-hydrogen) atoms. The summed E-state index contributed by atoms with van der Waals surface area (Å²) < 4.78 is 22.1. The van der Waals surface area contributed by atoms with Crippen molar-refractivity contribution in [2.24, 2.45) is 0 Å². The molecule has 1 fully saturated rings. The standard InChI is InChI=1S/C27H30N2O5/c1-31-24-12-11-19(16-25(24)32-2)13-15-34-26-10-4-9-23(29-26)20-6-3-7-21(17-20)27(30)28-18-22-8-5-14-33-22/h3-4,6-7,9-12,16-17,22H,5,8,13-15,18H2,1-2H3,(H,28,30). The maximum absolute atomic E-state index is 12.6. The summed E-state index contributed by atoms with van der Waals surface area (Å²) in [4.78, 5) is 17.2. The van der Waals surface area contributed by atoms with Gasteiger partial charge >= 0.3 is 0 Å². The number of pyridine rings is 1. The summed E-state index contributed by atoms with van der Waals surface area (Å²) in [6.45, 7) is 1.77. The van der Waals surface area contributed by atoms with Crippen LogP contribution in [0.15, 0.2) is 60.7 Å². The van der Waals surface area contributed by atoms with E-state index < -0.39 is 0 Å². The van der Waals surface area contributed by atoms with Crippen LogP contribution in [0.5, 0.6) is 17.4 Å². The van der Waals surface area contributed by atoms with Crippen molar-refractivity contribution in [2.75, 3.05) is 34.0 Å². The van der Waals surface area contributed by atoms with Crippen LogP contribution in [0.2, 0.25) is 0 Å². The highest BCUT2D eigenvalue weighted by atomic mass is 16.5. The lowest BCUT2D eigenvalue weighted by atomic mass is 10.1. The molecule has 2 aromatic carbocycles. The molecule has 1 atom stereocenters. The summed E-state index contributed by atoms with van der Waals surface area (Å²) in [6, 6.07) is 18.9. The molecular weight excluding hydrogens is 432 g/mol. The summed E-state index contributed by atoms with van der Waals surface area (Å²) in [5.74, 6) is 1.81. The summed E-state index contributed by atoms with van der Waals surface area (Å²) >= 11 is 0. The lowest BCUT2D eigenvalue weighted by molar-refractivity contribution is 0.0858. The minimum atomic E-state index is -0.111. The van der Waals surface area contributed by atoms with Crippen LogP contribution in [0.4, 0.5) is 0 Å². The lowest BCUT2D eigenvalue weighted by Crippen LogP contribution is -2.31. The van der Waals surface area contributed by atoms with Gasteiger partial charge in [-0.1, -0.05) is 24.3 Å². The topological polar surface area (TPSA) is 78.9 Å². The molecule has 0 bridgehead atoms. The van der Waals surface area contributed by atoms with Crippen molar-refractivity contribution in [2.45, 2.75) is 25.4 Å². The summed E-state index contributed by atoms with van der Waals surface area (Å²) in [5, 5.41) is 2.96. The van der Waals surface area contributed by atoms with Crippen molar-refractivity contribution in [3.8, 4) is 28.6 Å². The van der Waals surface area contributed by atoms with Gasteiger partial charge in [-0.15, -0.1) is 0 Å². The average Bonchev–Trinajstić information content (AvgIpc) is 3.41. The minimum absolute atomic E-state index is 0.111. The van der Waals surface area contributed by atoms with E-state index in [0.29, 0.717) is 42.5 Å². The van der Waals surface area contributed by atoms with E-state index in [1.807, 2.05) is 54.6 Å². The molecule has 1 N–H and O–H groups in total. The van der Waals surface area contributed by atoms with Crippen LogP contribution in [-0.4, -0.2) is 51.0 Å². The molecule has 1 aromatic heterocycles. The van der Waals surface area contributed by atoms with Crippen LogP contribution in [0.3, 0.4) is 0 Å². The van der Waals surface area contributed by atoms with Gasteiger partial charge in [-0.25, -0.2) is 4.98 Å². The number of methoxy groups -OCH3 is 2. The molecule has 2 heterocycles. The number of benzene rings is 2. The normalized spacial score (nSPS) is 15.1. The fourth-order valence-electron chi connectivity index (χ4n) is 3.90. The van der Waals surface area contributed by atoms with Crippen LogP contribution in [0, 0.1) is 0 Å². The van der Waals surface area contributed by atoms with Gasteiger partial charge in [-0.3, -0.25) is 4.79 Å². The number of carbonyl (C=O) groups is 1. The third-order valence-corrected chi connectivity index (χ3v) is 5.75. The summed E-state index contributed by atoms with van der Waals surface area (Å²) in [7, 11) is 3.24. The van der Waals surface area contributed by atoms with E-state index in [-0.39, 0.29) is 12.0 Å². The average molecular weight is 463 g/mol. The zero-order chi connectivity index (χ0) is 23.8. The quantitative estimate of drug-likeness (QED) is 0.484. The molecule has 3 aromatic rings. The Hall–Kier alpha value is -3.58. The van der Waals surface area contributed by atoms with Crippen molar-refractivity contribution < 1.29 is 23.7 Å². The highest BCUT2D eigenvalue weighted by Gasteiger charge is 2.17. The van der Waals surface area contributed by atoms with E-state index in [0.717, 1.165) is 36.3 Å². The molecule has 1 aliphatic rings. The number of hydrogen-bond donors (Lipinski definition) is 1. The van der Waals surface area contributed by atoms with Crippen LogP contribution >= 0.6 is 0 Å². The summed E-state index contributed by atoms with van der Waals surface area (Å²) in [5.41, 5.74) is 3.28. The van der Waals surface area contributed by atoms with E-state index in [2.05, 4.69) is 10.3 Å². The first kappa shape index (κ1) is 23.6. The maximum atomic E-state index is 12.6. The van der Waals surface area contributed by atoms with Crippen molar-refractivity contribution >= 4 is 5.91 Å². The zero-order valence-corrected chi connectivity index (χ0v) is 19.6. The minimum Gasteiger partial charge on any atom is -0.493 e. The van der Waals surface area contributed by atoms with Crippen LogP contribution in [0.1, 0.15) is 28.8 Å². The van der Waals surface area contributed by atoms with Gasteiger partial charge in [0, 0.05) is 36.8 Å². The third kappa shape index (κ3) is 6.05. The Labute approximate surface area is 200 Å². The molecule has 1 aliphatic heterocycles. The van der Waals surface area contributed by atoms with Gasteiger partial charge in [0.05, 0.1) is 32.6 Å². The predicted molar refractivity (Wildman–Crippen MR) is 130 cm³/mol. The molecule has 0 saturated carbocycles. The Kier molecular flexibility index (Phi) is 7.99. The molecule has 0 radical (unpaired) electrons. The van der Waals surface area contributed by atoms with E-state index in [1.54, 1.807) is 20.3 Å². The van der Waals surface area contributed by atoms with Gasteiger partial charge in [0.25, 0.3) is 5.91 Å². The lowest BCUT2D eigenvalue weighted by Gasteiger charge is -2.12. The number of ether oxygens (including phenoxy) is 4. The number of carbonyl (C=O) groups excluding carboxylic acids is 1. The highest BCUT2D eigenvalue weighted by Crippen LogP contribution is 2.28. The molecule has 1 amide bonds. The van der Waals surface area contributed by atoms with E-state index in [4.69, 9.17) is 18.9 Å². The number of aromatic nitrogens is 1. The number of nitrogens with zero attached hydrogens (tertiary/aromatic N) is 1. The Morgan fingerprint density at radius 3 is 2.71 bits per heavy atom. The van der Waals surface area contributed by atoms with Gasteiger partial charge in [-0.05, 0) is 48.7 Å².